The minimum Gasteiger partial charge on any atom is -0.481 e. The van der Waals surface area contributed by atoms with Gasteiger partial charge in [-0.3, -0.25) is 4.79 Å². The minimum absolute atomic E-state index is 0.0706. The van der Waals surface area contributed by atoms with E-state index in [-0.39, 0.29) is 6.42 Å². The van der Waals surface area contributed by atoms with Gasteiger partial charge in [0.05, 0.1) is 18.7 Å². The summed E-state index contributed by atoms with van der Waals surface area (Å²) in [4.78, 5) is 10.4. The maximum Gasteiger partial charge on any atom is 0.309 e. The molecule has 0 atom stereocenters. The number of ether oxygens (including phenoxy) is 1. The molecule has 5 nitrogen and oxygen atoms in total. The van der Waals surface area contributed by atoms with Crippen molar-refractivity contribution >= 4 is 5.97 Å². The quantitative estimate of drug-likeness (QED) is 0.717. The van der Waals surface area contributed by atoms with Crippen LogP contribution in [0, 0.1) is 0 Å². The average Bonchev–Trinajstić information content (AvgIpc) is 2.48. The van der Waals surface area contributed by atoms with Gasteiger partial charge in [0.15, 0.2) is 5.76 Å². The Hall–Kier alpha value is -1.36. The Morgan fingerprint density at radius 3 is 3.23 bits per heavy atom. The molecule has 5 heteroatoms. The predicted molar refractivity (Wildman–Crippen MR) is 41.2 cm³/mol. The fraction of sp³-hybridized carbons (Fsp3) is 0.500. The number of fused-ring (bicyclic) bond motifs is 1. The Morgan fingerprint density at radius 1 is 1.62 bits per heavy atom. The highest BCUT2D eigenvalue weighted by atomic mass is 16.5. The van der Waals surface area contributed by atoms with Crippen molar-refractivity contribution in [2.45, 2.75) is 19.4 Å². The summed E-state index contributed by atoms with van der Waals surface area (Å²) >= 11 is 0. The van der Waals surface area contributed by atoms with Gasteiger partial charge in [-0.1, -0.05) is 5.16 Å². The zero-order chi connectivity index (χ0) is 9.26. The van der Waals surface area contributed by atoms with E-state index in [4.69, 9.17) is 14.4 Å². The highest BCUT2D eigenvalue weighted by Crippen LogP contribution is 2.20. The minimum atomic E-state index is -0.886. The summed E-state index contributed by atoms with van der Waals surface area (Å²) in [6, 6.07) is 0. The van der Waals surface area contributed by atoms with Gasteiger partial charge in [-0.25, -0.2) is 0 Å². The number of hydrogen-bond acceptors (Lipinski definition) is 4. The van der Waals surface area contributed by atoms with E-state index in [1.807, 2.05) is 0 Å². The van der Waals surface area contributed by atoms with Gasteiger partial charge in [0.2, 0.25) is 0 Å². The molecular weight excluding hydrogens is 174 g/mol. The van der Waals surface area contributed by atoms with Crippen LogP contribution in [0.25, 0.3) is 0 Å². The van der Waals surface area contributed by atoms with Gasteiger partial charge in [0, 0.05) is 12.0 Å². The summed E-state index contributed by atoms with van der Waals surface area (Å²) in [5, 5.41) is 12.3. The summed E-state index contributed by atoms with van der Waals surface area (Å²) < 4.78 is 10.1. The van der Waals surface area contributed by atoms with E-state index in [9.17, 15) is 4.79 Å². The summed E-state index contributed by atoms with van der Waals surface area (Å²) in [6.45, 7) is 1.02. The van der Waals surface area contributed by atoms with Gasteiger partial charge < -0.3 is 14.4 Å². The Labute approximate surface area is 74.3 Å². The second-order valence-electron chi connectivity index (χ2n) is 2.90. The van der Waals surface area contributed by atoms with Crippen LogP contribution in [0.5, 0.6) is 0 Å². The third-order valence-electron chi connectivity index (χ3n) is 2.00. The maximum atomic E-state index is 10.4. The number of rotatable bonds is 2. The first-order valence-electron chi connectivity index (χ1n) is 4.03. The first kappa shape index (κ1) is 8.25. The fourth-order valence-electron chi connectivity index (χ4n) is 1.40. The molecule has 0 aliphatic carbocycles. The van der Waals surface area contributed by atoms with Crippen molar-refractivity contribution in [3.05, 3.63) is 17.0 Å². The zero-order valence-corrected chi connectivity index (χ0v) is 6.95. The van der Waals surface area contributed by atoms with E-state index < -0.39 is 5.97 Å². The van der Waals surface area contributed by atoms with E-state index in [1.54, 1.807) is 0 Å². The van der Waals surface area contributed by atoms with Gasteiger partial charge in [-0.05, 0) is 0 Å². The molecule has 2 heterocycles. The number of carboxylic acid groups (broad SMARTS) is 1. The molecule has 0 bridgehead atoms. The van der Waals surface area contributed by atoms with Crippen molar-refractivity contribution < 1.29 is 19.2 Å². The van der Waals surface area contributed by atoms with Crippen molar-refractivity contribution in [2.24, 2.45) is 0 Å². The molecule has 0 aromatic carbocycles. The Balaban J connectivity index is 2.26. The van der Waals surface area contributed by atoms with Crippen molar-refractivity contribution in [1.82, 2.24) is 5.16 Å². The molecule has 2 rings (SSSR count). The number of carbonyl (C=O) groups is 1. The van der Waals surface area contributed by atoms with E-state index in [2.05, 4.69) is 5.16 Å². The second kappa shape index (κ2) is 3.18. The van der Waals surface area contributed by atoms with Crippen molar-refractivity contribution in [3.63, 3.8) is 0 Å². The number of hydrogen-bond donors (Lipinski definition) is 1. The van der Waals surface area contributed by atoms with Crippen LogP contribution in [0.3, 0.4) is 0 Å². The number of carboxylic acids is 1. The highest BCUT2D eigenvalue weighted by Gasteiger charge is 2.20. The zero-order valence-electron chi connectivity index (χ0n) is 6.95. The third-order valence-corrected chi connectivity index (χ3v) is 2.00. The molecule has 70 valence electrons. The first-order chi connectivity index (χ1) is 6.27. The molecule has 1 aliphatic rings. The standard InChI is InChI=1S/C8H9NO4/c10-8(11)3-6-5-1-2-12-4-7(5)13-9-6/h1-4H2,(H,10,11). The fourth-order valence-corrected chi connectivity index (χ4v) is 1.40. The molecule has 13 heavy (non-hydrogen) atoms. The van der Waals surface area contributed by atoms with E-state index in [1.165, 1.54) is 0 Å². The van der Waals surface area contributed by atoms with Crippen molar-refractivity contribution in [1.29, 1.82) is 0 Å². The Morgan fingerprint density at radius 2 is 2.46 bits per heavy atom. The first-order valence-corrected chi connectivity index (χ1v) is 4.03. The van der Waals surface area contributed by atoms with E-state index in [0.717, 1.165) is 5.56 Å². The van der Waals surface area contributed by atoms with Gasteiger partial charge in [0.25, 0.3) is 0 Å². The molecule has 0 fully saturated rings. The van der Waals surface area contributed by atoms with Crippen LogP contribution in [0.1, 0.15) is 17.0 Å². The molecule has 0 spiro atoms. The molecule has 0 radical (unpaired) electrons. The molecule has 0 saturated carbocycles. The van der Waals surface area contributed by atoms with Crippen LogP contribution in [0.15, 0.2) is 4.52 Å². The average molecular weight is 183 g/mol. The lowest BCUT2D eigenvalue weighted by Crippen LogP contribution is -2.11. The molecular formula is C8H9NO4. The summed E-state index contributed by atoms with van der Waals surface area (Å²) in [6.07, 6.45) is 0.625. The van der Waals surface area contributed by atoms with Crippen LogP contribution in [0.4, 0.5) is 0 Å². The molecule has 0 amide bonds. The van der Waals surface area contributed by atoms with Gasteiger partial charge in [0.1, 0.15) is 6.61 Å². The summed E-state index contributed by atoms with van der Waals surface area (Å²) in [5.74, 6) is -0.218. The van der Waals surface area contributed by atoms with Gasteiger partial charge in [-0.2, -0.15) is 0 Å². The molecule has 1 aromatic rings. The lowest BCUT2D eigenvalue weighted by molar-refractivity contribution is -0.136. The van der Waals surface area contributed by atoms with E-state index in [0.29, 0.717) is 31.1 Å². The molecule has 0 unspecified atom stereocenters. The van der Waals surface area contributed by atoms with Crippen LogP contribution in [-0.4, -0.2) is 22.8 Å². The molecule has 1 aromatic heterocycles. The predicted octanol–water partition coefficient (Wildman–Crippen LogP) is 0.374. The smallest absolute Gasteiger partial charge is 0.309 e. The summed E-state index contributed by atoms with van der Waals surface area (Å²) in [7, 11) is 0. The van der Waals surface area contributed by atoms with Crippen LogP contribution in [0.2, 0.25) is 0 Å². The number of aromatic nitrogens is 1. The van der Waals surface area contributed by atoms with Crippen LogP contribution < -0.4 is 0 Å². The van der Waals surface area contributed by atoms with Crippen molar-refractivity contribution in [2.75, 3.05) is 6.61 Å². The largest absolute Gasteiger partial charge is 0.481 e. The van der Waals surface area contributed by atoms with Gasteiger partial charge in [-0.15, -0.1) is 0 Å². The SMILES string of the molecule is O=C(O)Cc1noc2c1CCOC2. The Bertz CT molecular complexity index is 331. The second-order valence-corrected chi connectivity index (χ2v) is 2.90. The van der Waals surface area contributed by atoms with Crippen LogP contribution in [-0.2, 0) is 29.0 Å². The lowest BCUT2D eigenvalue weighted by atomic mass is 10.1. The number of nitrogens with zero attached hydrogens (tertiary/aromatic N) is 1. The molecule has 0 saturated heterocycles. The van der Waals surface area contributed by atoms with Gasteiger partial charge >= 0.3 is 5.97 Å². The van der Waals surface area contributed by atoms with E-state index >= 15 is 0 Å². The third kappa shape index (κ3) is 1.55. The highest BCUT2D eigenvalue weighted by molar-refractivity contribution is 5.70. The maximum absolute atomic E-state index is 10.4. The molecule has 1 aliphatic heterocycles. The molecule has 1 N–H and O–H groups in total. The van der Waals surface area contributed by atoms with Crippen LogP contribution >= 0.6 is 0 Å². The topological polar surface area (TPSA) is 72.6 Å². The number of aliphatic carboxylic acids is 1. The normalized spacial score (nSPS) is 15.4. The Kier molecular flexibility index (Phi) is 2.02. The summed E-state index contributed by atoms with van der Waals surface area (Å²) in [5.41, 5.74) is 1.44. The van der Waals surface area contributed by atoms with Crippen molar-refractivity contribution in [3.8, 4) is 0 Å². The lowest BCUT2D eigenvalue weighted by Gasteiger charge is -2.09. The monoisotopic (exact) mass is 183 g/mol.